The van der Waals surface area contributed by atoms with Crippen LogP contribution in [0.3, 0.4) is 0 Å². The Kier molecular flexibility index (Phi) is 4.21. The number of anilines is 1. The smallest absolute Gasteiger partial charge is 0.289 e. The minimum absolute atomic E-state index is 0.0391. The van der Waals surface area contributed by atoms with Crippen LogP contribution in [0.1, 0.15) is 35.4 Å². The van der Waals surface area contributed by atoms with E-state index in [1.807, 2.05) is 36.1 Å². The summed E-state index contributed by atoms with van der Waals surface area (Å²) in [4.78, 5) is 18.9. The molecule has 2 aliphatic heterocycles. The Morgan fingerprint density at radius 2 is 2.32 bits per heavy atom. The van der Waals surface area contributed by atoms with Crippen LogP contribution in [0.2, 0.25) is 0 Å². The second kappa shape index (κ2) is 6.52. The van der Waals surface area contributed by atoms with Gasteiger partial charge in [0.05, 0.1) is 18.4 Å². The van der Waals surface area contributed by atoms with Gasteiger partial charge >= 0.3 is 0 Å². The highest BCUT2D eigenvalue weighted by atomic mass is 16.5. The van der Waals surface area contributed by atoms with Crippen molar-refractivity contribution in [3.05, 3.63) is 48.0 Å². The lowest BCUT2D eigenvalue weighted by Crippen LogP contribution is -2.47. The average Bonchev–Trinajstić information content (AvgIpc) is 3.22. The van der Waals surface area contributed by atoms with Gasteiger partial charge in [0, 0.05) is 31.0 Å². The highest BCUT2D eigenvalue weighted by molar-refractivity contribution is 5.93. The molecule has 2 aromatic heterocycles. The van der Waals surface area contributed by atoms with Crippen LogP contribution in [-0.2, 0) is 4.74 Å². The van der Waals surface area contributed by atoms with E-state index in [0.29, 0.717) is 31.5 Å². The molecule has 2 aromatic rings. The number of pyridine rings is 1. The van der Waals surface area contributed by atoms with Gasteiger partial charge in [-0.3, -0.25) is 4.79 Å². The van der Waals surface area contributed by atoms with E-state index >= 15 is 0 Å². The molecule has 1 spiro atoms. The molecule has 4 rings (SSSR count). The van der Waals surface area contributed by atoms with E-state index in [1.54, 1.807) is 12.5 Å². The van der Waals surface area contributed by atoms with E-state index < -0.39 is 0 Å². The third-order valence-corrected chi connectivity index (χ3v) is 5.17. The highest BCUT2D eigenvalue weighted by Gasteiger charge is 2.45. The van der Waals surface area contributed by atoms with Crippen LogP contribution in [0.15, 0.2) is 41.1 Å². The van der Waals surface area contributed by atoms with Crippen LogP contribution in [0.4, 0.5) is 5.82 Å². The molecule has 6 nitrogen and oxygen atoms in total. The highest BCUT2D eigenvalue weighted by Crippen LogP contribution is 2.36. The van der Waals surface area contributed by atoms with Crippen LogP contribution in [0.5, 0.6) is 0 Å². The van der Waals surface area contributed by atoms with Crippen molar-refractivity contribution >= 4 is 11.7 Å². The molecule has 6 heteroatoms. The Morgan fingerprint density at radius 1 is 1.40 bits per heavy atom. The molecule has 1 amide bonds. The fraction of sp³-hybridized carbons (Fsp3) is 0.474. The number of aryl methyl sites for hydroxylation is 1. The molecule has 0 aromatic carbocycles. The molecule has 0 bridgehead atoms. The summed E-state index contributed by atoms with van der Waals surface area (Å²) in [6.45, 7) is 3.92. The second-order valence-corrected chi connectivity index (χ2v) is 6.99. The molecular weight excluding hydrogens is 318 g/mol. The van der Waals surface area contributed by atoms with Gasteiger partial charge in [0.1, 0.15) is 5.82 Å². The molecule has 2 fully saturated rings. The first-order valence-electron chi connectivity index (χ1n) is 8.80. The molecule has 25 heavy (non-hydrogen) atoms. The molecule has 2 saturated heterocycles. The van der Waals surface area contributed by atoms with E-state index in [4.69, 9.17) is 9.15 Å². The maximum Gasteiger partial charge on any atom is 0.289 e. The first kappa shape index (κ1) is 16.1. The van der Waals surface area contributed by atoms with Crippen molar-refractivity contribution in [2.24, 2.45) is 0 Å². The van der Waals surface area contributed by atoms with E-state index in [2.05, 4.69) is 10.3 Å². The average molecular weight is 341 g/mol. The van der Waals surface area contributed by atoms with Gasteiger partial charge in [-0.05, 0) is 44.4 Å². The molecular formula is C19H23N3O3. The van der Waals surface area contributed by atoms with E-state index in [1.165, 1.54) is 0 Å². The Balaban J connectivity index is 1.42. The number of ether oxygens (including phenoxy) is 1. The second-order valence-electron chi connectivity index (χ2n) is 6.99. The summed E-state index contributed by atoms with van der Waals surface area (Å²) in [7, 11) is 0. The maximum atomic E-state index is 12.7. The van der Waals surface area contributed by atoms with Crippen molar-refractivity contribution in [3.63, 3.8) is 0 Å². The number of nitrogens with zero attached hydrogens (tertiary/aromatic N) is 2. The number of hydrogen-bond acceptors (Lipinski definition) is 5. The van der Waals surface area contributed by atoms with Crippen molar-refractivity contribution in [2.75, 3.05) is 25.0 Å². The Labute approximate surface area is 147 Å². The quantitative estimate of drug-likeness (QED) is 0.930. The summed E-state index contributed by atoms with van der Waals surface area (Å²) in [6, 6.07) is 8.00. The van der Waals surface area contributed by atoms with E-state index in [-0.39, 0.29) is 11.5 Å². The number of furan rings is 1. The van der Waals surface area contributed by atoms with Crippen LogP contribution in [-0.4, -0.2) is 47.1 Å². The summed E-state index contributed by atoms with van der Waals surface area (Å²) >= 11 is 0. The summed E-state index contributed by atoms with van der Waals surface area (Å²) in [6.07, 6.45) is 6.05. The number of likely N-dealkylation sites (tertiary alicyclic amines) is 1. The van der Waals surface area contributed by atoms with Crippen molar-refractivity contribution in [1.29, 1.82) is 0 Å². The molecule has 4 heterocycles. The minimum Gasteiger partial charge on any atom is -0.459 e. The van der Waals surface area contributed by atoms with Gasteiger partial charge < -0.3 is 19.4 Å². The zero-order chi connectivity index (χ0) is 17.3. The lowest BCUT2D eigenvalue weighted by Gasteiger charge is -2.38. The summed E-state index contributed by atoms with van der Waals surface area (Å²) in [5, 5.41) is 3.50. The molecule has 2 aliphatic rings. The number of carbonyl (C=O) groups excluding carboxylic acids is 1. The third-order valence-electron chi connectivity index (χ3n) is 5.17. The molecule has 132 valence electrons. The SMILES string of the molecule is Cc1ccoc1C(=O)N1CC[C@]2(C[C@@H](Nc3ccccn3)CCO2)C1. The fourth-order valence-electron chi connectivity index (χ4n) is 3.85. The third kappa shape index (κ3) is 3.26. The van der Waals surface area contributed by atoms with Gasteiger partial charge in [0.2, 0.25) is 0 Å². The number of aromatic nitrogens is 1. The molecule has 0 aliphatic carbocycles. The monoisotopic (exact) mass is 341 g/mol. The van der Waals surface area contributed by atoms with E-state index in [9.17, 15) is 4.79 Å². The van der Waals surface area contributed by atoms with Gasteiger partial charge in [-0.15, -0.1) is 0 Å². The first-order valence-corrected chi connectivity index (χ1v) is 8.80. The molecule has 2 atom stereocenters. The Bertz CT molecular complexity index is 745. The van der Waals surface area contributed by atoms with Crippen molar-refractivity contribution in [3.8, 4) is 0 Å². The largest absolute Gasteiger partial charge is 0.459 e. The van der Waals surface area contributed by atoms with Gasteiger partial charge in [0.25, 0.3) is 5.91 Å². The van der Waals surface area contributed by atoms with Crippen LogP contribution in [0, 0.1) is 6.92 Å². The van der Waals surface area contributed by atoms with Crippen molar-refractivity contribution < 1.29 is 13.9 Å². The van der Waals surface area contributed by atoms with E-state index in [0.717, 1.165) is 30.6 Å². The van der Waals surface area contributed by atoms with Crippen LogP contribution < -0.4 is 5.32 Å². The number of carbonyl (C=O) groups is 1. The molecule has 0 radical (unpaired) electrons. The zero-order valence-corrected chi connectivity index (χ0v) is 14.4. The Hall–Kier alpha value is -2.34. The first-order chi connectivity index (χ1) is 12.2. The molecule has 0 saturated carbocycles. The standard InChI is InChI=1S/C19H23N3O3/c1-14-5-10-24-17(14)18(23)22-9-7-19(13-22)12-15(6-11-25-19)21-16-4-2-3-8-20-16/h2-5,8,10,15H,6-7,9,11-13H2,1H3,(H,20,21)/t15-,19-/m0/s1. The number of amides is 1. The molecule has 1 N–H and O–H groups in total. The fourth-order valence-corrected chi connectivity index (χ4v) is 3.85. The lowest BCUT2D eigenvalue weighted by molar-refractivity contribution is -0.0721. The summed E-state index contributed by atoms with van der Waals surface area (Å²) < 4.78 is 11.5. The predicted octanol–water partition coefficient (Wildman–Crippen LogP) is 2.86. The summed E-state index contributed by atoms with van der Waals surface area (Å²) in [5.74, 6) is 1.29. The maximum absolute atomic E-state index is 12.7. The van der Waals surface area contributed by atoms with Gasteiger partial charge in [-0.1, -0.05) is 6.07 Å². The normalized spacial score (nSPS) is 26.1. The lowest BCUT2D eigenvalue weighted by atomic mass is 9.89. The van der Waals surface area contributed by atoms with Gasteiger partial charge in [-0.25, -0.2) is 4.98 Å². The summed E-state index contributed by atoms with van der Waals surface area (Å²) in [5.41, 5.74) is 0.617. The van der Waals surface area contributed by atoms with Gasteiger partial charge in [-0.2, -0.15) is 0 Å². The Morgan fingerprint density at radius 3 is 3.08 bits per heavy atom. The van der Waals surface area contributed by atoms with Crippen LogP contribution in [0.25, 0.3) is 0 Å². The minimum atomic E-state index is -0.263. The van der Waals surface area contributed by atoms with Gasteiger partial charge in [0.15, 0.2) is 5.76 Å². The zero-order valence-electron chi connectivity index (χ0n) is 14.4. The van der Waals surface area contributed by atoms with Crippen molar-refractivity contribution in [2.45, 2.75) is 37.8 Å². The van der Waals surface area contributed by atoms with Crippen LogP contribution >= 0.6 is 0 Å². The number of rotatable bonds is 3. The number of nitrogens with one attached hydrogen (secondary N) is 1. The number of hydrogen-bond donors (Lipinski definition) is 1. The van der Waals surface area contributed by atoms with Crippen molar-refractivity contribution in [1.82, 2.24) is 9.88 Å². The topological polar surface area (TPSA) is 67.6 Å². The predicted molar refractivity (Wildman–Crippen MR) is 93.5 cm³/mol. The molecule has 0 unspecified atom stereocenters.